The van der Waals surface area contributed by atoms with Gasteiger partial charge in [-0.1, -0.05) is 57.9 Å². The highest BCUT2D eigenvalue weighted by atomic mass is 79.9. The molecule has 2 aromatic carbocycles. The number of Topliss-reactive ketones (excluding diaryl/α,β-unsaturated/α-hetero) is 1. The summed E-state index contributed by atoms with van der Waals surface area (Å²) < 4.78 is 10.6. The largest absolute Gasteiger partial charge is 0.426 e. The molecule has 4 nitrogen and oxygen atoms in total. The zero-order valence-corrected chi connectivity index (χ0v) is 15.5. The summed E-state index contributed by atoms with van der Waals surface area (Å²) in [6.07, 6.45) is -0.497. The third kappa shape index (κ3) is 4.44. The molecule has 0 spiro atoms. The number of ether oxygens (including phenoxy) is 2. The Morgan fingerprint density at radius 1 is 1.12 bits per heavy atom. The second-order valence-electron chi connectivity index (χ2n) is 5.07. The van der Waals surface area contributed by atoms with E-state index in [9.17, 15) is 9.59 Å². The molecule has 0 heterocycles. The van der Waals surface area contributed by atoms with Crippen LogP contribution in [0.15, 0.2) is 48.5 Å². The first-order valence-electron chi connectivity index (χ1n) is 7.18. The van der Waals surface area contributed by atoms with E-state index in [2.05, 4.69) is 15.9 Å². The molecule has 0 radical (unpaired) electrons. The molecule has 126 valence electrons. The molecule has 0 aromatic heterocycles. The third-order valence-electron chi connectivity index (χ3n) is 3.36. The number of benzene rings is 2. The molecule has 6 heteroatoms. The van der Waals surface area contributed by atoms with Crippen LogP contribution in [0.25, 0.3) is 0 Å². The number of carbonyl (C=O) groups excluding carboxylic acids is 2. The standard InChI is InChI=1S/C18H16BrClO4/c1-11(21)24-15-9-8-13(20)10-14(15)17(22)16(19)18(23-2)12-6-4-3-5-7-12/h3-10,16,18H,1-2H3. The first-order chi connectivity index (χ1) is 11.4. The van der Waals surface area contributed by atoms with Gasteiger partial charge in [-0.05, 0) is 23.8 Å². The average Bonchev–Trinajstić information content (AvgIpc) is 2.57. The molecule has 0 saturated carbocycles. The smallest absolute Gasteiger partial charge is 0.308 e. The molecule has 0 bridgehead atoms. The van der Waals surface area contributed by atoms with Crippen molar-refractivity contribution in [2.45, 2.75) is 17.9 Å². The Morgan fingerprint density at radius 2 is 1.79 bits per heavy atom. The van der Waals surface area contributed by atoms with E-state index in [1.807, 2.05) is 30.3 Å². The number of rotatable bonds is 6. The van der Waals surface area contributed by atoms with Gasteiger partial charge >= 0.3 is 5.97 Å². The summed E-state index contributed by atoms with van der Waals surface area (Å²) in [6, 6.07) is 13.9. The Labute approximate surface area is 153 Å². The molecule has 2 unspecified atom stereocenters. The molecule has 2 atom stereocenters. The van der Waals surface area contributed by atoms with Crippen LogP contribution in [0.5, 0.6) is 5.75 Å². The van der Waals surface area contributed by atoms with Crippen LogP contribution in [0.1, 0.15) is 28.9 Å². The van der Waals surface area contributed by atoms with Crippen LogP contribution in [0, 0.1) is 0 Å². The van der Waals surface area contributed by atoms with Gasteiger partial charge in [0.2, 0.25) is 0 Å². The lowest BCUT2D eigenvalue weighted by Gasteiger charge is -2.21. The Bertz CT molecular complexity index is 733. The number of hydrogen-bond donors (Lipinski definition) is 0. The van der Waals surface area contributed by atoms with Crippen LogP contribution in [0.3, 0.4) is 0 Å². The fourth-order valence-electron chi connectivity index (χ4n) is 2.29. The van der Waals surface area contributed by atoms with Gasteiger partial charge in [0.25, 0.3) is 0 Å². The predicted molar refractivity (Wildman–Crippen MR) is 96.0 cm³/mol. The number of alkyl halides is 1. The zero-order chi connectivity index (χ0) is 17.7. The molecule has 0 aliphatic heterocycles. The topological polar surface area (TPSA) is 52.6 Å². The Balaban J connectivity index is 2.36. The fourth-order valence-corrected chi connectivity index (χ4v) is 3.23. The Hall–Kier alpha value is -1.69. The highest BCUT2D eigenvalue weighted by molar-refractivity contribution is 9.10. The van der Waals surface area contributed by atoms with Crippen molar-refractivity contribution in [1.29, 1.82) is 0 Å². The lowest BCUT2D eigenvalue weighted by Crippen LogP contribution is -2.25. The van der Waals surface area contributed by atoms with Crippen molar-refractivity contribution in [2.24, 2.45) is 0 Å². The van der Waals surface area contributed by atoms with Crippen molar-refractivity contribution in [3.8, 4) is 5.75 Å². The van der Waals surface area contributed by atoms with E-state index < -0.39 is 16.9 Å². The minimum absolute atomic E-state index is 0.171. The van der Waals surface area contributed by atoms with Crippen molar-refractivity contribution in [3.63, 3.8) is 0 Å². The van der Waals surface area contributed by atoms with Crippen molar-refractivity contribution in [2.75, 3.05) is 7.11 Å². The van der Waals surface area contributed by atoms with Crippen molar-refractivity contribution < 1.29 is 19.1 Å². The minimum Gasteiger partial charge on any atom is -0.426 e. The second-order valence-corrected chi connectivity index (χ2v) is 6.49. The maximum absolute atomic E-state index is 12.9. The van der Waals surface area contributed by atoms with Gasteiger partial charge in [0, 0.05) is 19.1 Å². The van der Waals surface area contributed by atoms with E-state index in [-0.39, 0.29) is 17.1 Å². The summed E-state index contributed by atoms with van der Waals surface area (Å²) in [7, 11) is 1.53. The number of carbonyl (C=O) groups is 2. The Kier molecular flexibility index (Phi) is 6.54. The van der Waals surface area contributed by atoms with Crippen LogP contribution in [-0.4, -0.2) is 23.7 Å². The molecule has 0 N–H and O–H groups in total. The number of esters is 1. The van der Waals surface area contributed by atoms with Crippen LogP contribution in [0.4, 0.5) is 0 Å². The molecule has 0 fully saturated rings. The predicted octanol–water partition coefficient (Wildman–Crippen LogP) is 4.60. The van der Waals surface area contributed by atoms with Gasteiger partial charge in [-0.15, -0.1) is 0 Å². The number of hydrogen-bond acceptors (Lipinski definition) is 4. The molecule has 24 heavy (non-hydrogen) atoms. The molecule has 0 aliphatic rings. The summed E-state index contributed by atoms with van der Waals surface area (Å²) >= 11 is 9.40. The summed E-state index contributed by atoms with van der Waals surface area (Å²) in [4.78, 5) is 23.5. The van der Waals surface area contributed by atoms with Crippen LogP contribution < -0.4 is 4.74 Å². The summed E-state index contributed by atoms with van der Waals surface area (Å²) in [5.41, 5.74) is 1.07. The lowest BCUT2D eigenvalue weighted by molar-refractivity contribution is -0.131. The van der Waals surface area contributed by atoms with E-state index in [0.29, 0.717) is 5.02 Å². The van der Waals surface area contributed by atoms with Crippen LogP contribution in [0.2, 0.25) is 5.02 Å². The van der Waals surface area contributed by atoms with E-state index in [0.717, 1.165) is 5.56 Å². The number of ketones is 1. The van der Waals surface area contributed by atoms with Gasteiger partial charge in [-0.2, -0.15) is 0 Å². The molecular weight excluding hydrogens is 396 g/mol. The molecule has 0 amide bonds. The van der Waals surface area contributed by atoms with Gasteiger partial charge in [0.15, 0.2) is 5.78 Å². The summed E-state index contributed by atoms with van der Waals surface area (Å²) in [5, 5.41) is 0.377. The van der Waals surface area contributed by atoms with Crippen molar-refractivity contribution in [1.82, 2.24) is 0 Å². The normalized spacial score (nSPS) is 13.2. The van der Waals surface area contributed by atoms with Gasteiger partial charge in [-0.25, -0.2) is 0 Å². The van der Waals surface area contributed by atoms with E-state index in [4.69, 9.17) is 21.1 Å². The first-order valence-corrected chi connectivity index (χ1v) is 8.47. The third-order valence-corrected chi connectivity index (χ3v) is 4.49. The molecule has 2 rings (SSSR count). The summed E-state index contributed by atoms with van der Waals surface area (Å²) in [5.74, 6) is -0.627. The van der Waals surface area contributed by atoms with Gasteiger partial charge in [0.1, 0.15) is 16.7 Å². The van der Waals surface area contributed by atoms with Crippen LogP contribution >= 0.6 is 27.5 Å². The monoisotopic (exact) mass is 410 g/mol. The van der Waals surface area contributed by atoms with Gasteiger partial charge in [-0.3, -0.25) is 9.59 Å². The van der Waals surface area contributed by atoms with Crippen LogP contribution in [-0.2, 0) is 9.53 Å². The maximum Gasteiger partial charge on any atom is 0.308 e. The lowest BCUT2D eigenvalue weighted by atomic mass is 9.99. The summed E-state index contributed by atoms with van der Waals surface area (Å²) in [6.45, 7) is 1.27. The average molecular weight is 412 g/mol. The quantitative estimate of drug-likeness (QED) is 0.302. The van der Waals surface area contributed by atoms with Gasteiger partial charge in [0.05, 0.1) is 5.56 Å². The second kappa shape index (κ2) is 8.42. The molecule has 2 aromatic rings. The highest BCUT2D eigenvalue weighted by Gasteiger charge is 2.30. The molecule has 0 saturated heterocycles. The van der Waals surface area contributed by atoms with E-state index in [1.165, 1.54) is 26.2 Å². The van der Waals surface area contributed by atoms with Gasteiger partial charge < -0.3 is 9.47 Å². The minimum atomic E-state index is -0.669. The maximum atomic E-state index is 12.9. The SMILES string of the molecule is COC(c1ccccc1)C(Br)C(=O)c1cc(Cl)ccc1OC(C)=O. The number of halogens is 2. The van der Waals surface area contributed by atoms with Crippen molar-refractivity contribution >= 4 is 39.3 Å². The zero-order valence-electron chi connectivity index (χ0n) is 13.2. The van der Waals surface area contributed by atoms with Crippen molar-refractivity contribution in [3.05, 3.63) is 64.7 Å². The first kappa shape index (κ1) is 18.6. The molecule has 0 aliphatic carbocycles. The van der Waals surface area contributed by atoms with E-state index >= 15 is 0 Å². The number of methoxy groups -OCH3 is 1. The fraction of sp³-hybridized carbons (Fsp3) is 0.222. The van der Waals surface area contributed by atoms with E-state index in [1.54, 1.807) is 6.07 Å². The highest BCUT2D eigenvalue weighted by Crippen LogP contribution is 2.32. The molecular formula is C18H16BrClO4. The Morgan fingerprint density at radius 3 is 2.38 bits per heavy atom.